The van der Waals surface area contributed by atoms with Gasteiger partial charge in [0.1, 0.15) is 0 Å². The van der Waals surface area contributed by atoms with Gasteiger partial charge in [-0.2, -0.15) is 0 Å². The molecule has 0 aliphatic rings. The van der Waals surface area contributed by atoms with Crippen molar-refractivity contribution in [1.29, 1.82) is 0 Å². The monoisotopic (exact) mass is 331 g/mol. The highest BCUT2D eigenvalue weighted by molar-refractivity contribution is 5.74. The predicted octanol–water partition coefficient (Wildman–Crippen LogP) is 2.72. The topological polar surface area (TPSA) is 110 Å². The number of aliphatic hydroxyl groups excluding tert-OH is 1. The standard InChI is InChI=1S/C17H17NO6/c1-2-17(15(19)16(20)21,12-8-4-3-5-9-12)24-14-11-7-6-10-13(14)18(22)23/h3-11,15,19H,2H2,1H3,(H,20,21). The molecule has 0 amide bonds. The van der Waals surface area contributed by atoms with E-state index in [9.17, 15) is 25.1 Å². The summed E-state index contributed by atoms with van der Waals surface area (Å²) >= 11 is 0. The van der Waals surface area contributed by atoms with E-state index in [0.29, 0.717) is 5.56 Å². The van der Waals surface area contributed by atoms with Gasteiger partial charge in [-0.05, 0) is 18.1 Å². The smallest absolute Gasteiger partial charge is 0.337 e. The van der Waals surface area contributed by atoms with Crippen LogP contribution in [0.2, 0.25) is 0 Å². The zero-order valence-corrected chi connectivity index (χ0v) is 13.0. The van der Waals surface area contributed by atoms with E-state index in [1.807, 2.05) is 0 Å². The van der Waals surface area contributed by atoms with Gasteiger partial charge in [-0.15, -0.1) is 0 Å². The van der Waals surface area contributed by atoms with Crippen molar-refractivity contribution in [2.24, 2.45) is 0 Å². The van der Waals surface area contributed by atoms with Gasteiger partial charge >= 0.3 is 11.7 Å². The number of ether oxygens (including phenoxy) is 1. The molecule has 2 aromatic carbocycles. The number of carbonyl (C=O) groups is 1. The Morgan fingerprint density at radius 3 is 2.33 bits per heavy atom. The molecule has 2 atom stereocenters. The lowest BCUT2D eigenvalue weighted by atomic mass is 9.85. The Labute approximate surface area is 138 Å². The Kier molecular flexibility index (Phi) is 5.15. The summed E-state index contributed by atoms with van der Waals surface area (Å²) in [4.78, 5) is 22.0. The Hall–Kier alpha value is -2.93. The molecular weight excluding hydrogens is 314 g/mol. The third-order valence-corrected chi connectivity index (χ3v) is 3.82. The minimum absolute atomic E-state index is 0.0938. The molecule has 126 valence electrons. The third-order valence-electron chi connectivity index (χ3n) is 3.82. The van der Waals surface area contributed by atoms with Crippen molar-refractivity contribution in [2.45, 2.75) is 25.0 Å². The molecule has 24 heavy (non-hydrogen) atoms. The number of hydrogen-bond acceptors (Lipinski definition) is 5. The number of aliphatic carboxylic acids is 1. The van der Waals surface area contributed by atoms with Gasteiger partial charge in [-0.3, -0.25) is 10.1 Å². The van der Waals surface area contributed by atoms with Crippen molar-refractivity contribution in [3.63, 3.8) is 0 Å². The number of nitro groups is 1. The van der Waals surface area contributed by atoms with Crippen LogP contribution in [0.3, 0.4) is 0 Å². The minimum atomic E-state index is -1.90. The maximum atomic E-state index is 11.4. The molecule has 0 bridgehead atoms. The van der Waals surface area contributed by atoms with Crippen LogP contribution in [0.25, 0.3) is 0 Å². The van der Waals surface area contributed by atoms with Crippen molar-refractivity contribution in [2.75, 3.05) is 0 Å². The van der Waals surface area contributed by atoms with Crippen LogP contribution in [0.5, 0.6) is 5.75 Å². The second-order valence-electron chi connectivity index (χ2n) is 5.18. The fourth-order valence-corrected chi connectivity index (χ4v) is 2.55. The lowest BCUT2D eigenvalue weighted by Gasteiger charge is -2.36. The zero-order chi connectivity index (χ0) is 17.7. The summed E-state index contributed by atoms with van der Waals surface area (Å²) in [5.74, 6) is -1.58. The highest BCUT2D eigenvalue weighted by Crippen LogP contribution is 2.38. The van der Waals surface area contributed by atoms with Gasteiger partial charge in [-0.25, -0.2) is 4.79 Å². The van der Waals surface area contributed by atoms with Gasteiger partial charge in [0.05, 0.1) is 4.92 Å². The molecule has 0 aliphatic heterocycles. The first-order valence-corrected chi connectivity index (χ1v) is 7.31. The van der Waals surface area contributed by atoms with Crippen molar-refractivity contribution in [3.05, 3.63) is 70.3 Å². The summed E-state index contributed by atoms with van der Waals surface area (Å²) in [6.07, 6.45) is -1.80. The summed E-state index contributed by atoms with van der Waals surface area (Å²) < 4.78 is 5.78. The van der Waals surface area contributed by atoms with Crippen molar-refractivity contribution < 1.29 is 24.7 Å². The van der Waals surface area contributed by atoms with Crippen LogP contribution >= 0.6 is 0 Å². The molecule has 0 fully saturated rings. The molecule has 7 heteroatoms. The summed E-state index contributed by atoms with van der Waals surface area (Å²) in [6, 6.07) is 14.0. The van der Waals surface area contributed by atoms with Gasteiger partial charge in [0.15, 0.2) is 17.5 Å². The van der Waals surface area contributed by atoms with Crippen molar-refractivity contribution >= 4 is 11.7 Å². The van der Waals surface area contributed by atoms with E-state index in [1.54, 1.807) is 43.3 Å². The van der Waals surface area contributed by atoms with Crippen LogP contribution in [0.15, 0.2) is 54.6 Å². The Balaban J connectivity index is 2.60. The van der Waals surface area contributed by atoms with E-state index in [0.717, 1.165) is 0 Å². The molecule has 0 radical (unpaired) electrons. The van der Waals surface area contributed by atoms with E-state index in [-0.39, 0.29) is 17.9 Å². The molecule has 7 nitrogen and oxygen atoms in total. The van der Waals surface area contributed by atoms with Crippen LogP contribution < -0.4 is 4.74 Å². The molecule has 0 saturated heterocycles. The molecule has 0 heterocycles. The quantitative estimate of drug-likeness (QED) is 0.596. The fourth-order valence-electron chi connectivity index (χ4n) is 2.55. The maximum Gasteiger partial charge on any atom is 0.337 e. The summed E-state index contributed by atoms with van der Waals surface area (Å²) in [5.41, 5.74) is -1.54. The number of carboxylic acid groups (broad SMARTS) is 1. The fraction of sp³-hybridized carbons (Fsp3) is 0.235. The Morgan fingerprint density at radius 2 is 1.79 bits per heavy atom. The molecule has 2 aromatic rings. The van der Waals surface area contributed by atoms with Crippen LogP contribution in [-0.2, 0) is 10.4 Å². The second kappa shape index (κ2) is 7.10. The maximum absolute atomic E-state index is 11.4. The largest absolute Gasteiger partial charge is 0.479 e. The number of carboxylic acids is 1. The number of nitrogens with zero attached hydrogens (tertiary/aromatic N) is 1. The zero-order valence-electron chi connectivity index (χ0n) is 13.0. The van der Waals surface area contributed by atoms with Crippen molar-refractivity contribution in [1.82, 2.24) is 0 Å². The van der Waals surface area contributed by atoms with E-state index in [4.69, 9.17) is 4.74 Å². The van der Waals surface area contributed by atoms with E-state index < -0.39 is 22.6 Å². The van der Waals surface area contributed by atoms with Crippen LogP contribution in [0, 0.1) is 10.1 Å². The van der Waals surface area contributed by atoms with E-state index in [1.165, 1.54) is 18.2 Å². The molecular formula is C17H17NO6. The van der Waals surface area contributed by atoms with Crippen LogP contribution in [0.1, 0.15) is 18.9 Å². The Morgan fingerprint density at radius 1 is 1.21 bits per heavy atom. The lowest BCUT2D eigenvalue weighted by Crippen LogP contribution is -2.48. The molecule has 0 aromatic heterocycles. The first-order valence-electron chi connectivity index (χ1n) is 7.31. The summed E-state index contributed by atoms with van der Waals surface area (Å²) in [5, 5.41) is 30.8. The van der Waals surface area contributed by atoms with Gasteiger partial charge in [-0.1, -0.05) is 49.4 Å². The Bertz CT molecular complexity index is 733. The highest BCUT2D eigenvalue weighted by atomic mass is 16.6. The average Bonchev–Trinajstić information content (AvgIpc) is 2.60. The predicted molar refractivity (Wildman–Crippen MR) is 85.8 cm³/mol. The number of hydrogen-bond donors (Lipinski definition) is 2. The molecule has 0 spiro atoms. The molecule has 2 N–H and O–H groups in total. The SMILES string of the molecule is CCC(Oc1ccccc1[N+](=O)[O-])(c1ccccc1)C(O)C(=O)O. The highest BCUT2D eigenvalue weighted by Gasteiger charge is 2.46. The van der Waals surface area contributed by atoms with E-state index >= 15 is 0 Å². The third kappa shape index (κ3) is 3.21. The number of para-hydroxylation sites is 2. The molecule has 2 rings (SSSR count). The molecule has 0 aliphatic carbocycles. The van der Waals surface area contributed by atoms with Gasteiger partial charge < -0.3 is 14.9 Å². The summed E-state index contributed by atoms with van der Waals surface area (Å²) in [6.45, 7) is 1.65. The molecule has 2 unspecified atom stereocenters. The first kappa shape index (κ1) is 17.4. The first-order chi connectivity index (χ1) is 11.4. The van der Waals surface area contributed by atoms with Gasteiger partial charge in [0, 0.05) is 6.07 Å². The number of benzene rings is 2. The lowest BCUT2D eigenvalue weighted by molar-refractivity contribution is -0.386. The number of rotatable bonds is 7. The summed E-state index contributed by atoms with van der Waals surface area (Å²) in [7, 11) is 0. The van der Waals surface area contributed by atoms with Gasteiger partial charge in [0.2, 0.25) is 0 Å². The van der Waals surface area contributed by atoms with Crippen molar-refractivity contribution in [3.8, 4) is 5.75 Å². The number of nitro benzene ring substituents is 1. The number of aliphatic hydroxyl groups is 1. The van der Waals surface area contributed by atoms with Crippen LogP contribution in [0.4, 0.5) is 5.69 Å². The normalized spacial score (nSPS) is 14.4. The average molecular weight is 331 g/mol. The second-order valence-corrected chi connectivity index (χ2v) is 5.18. The van der Waals surface area contributed by atoms with E-state index in [2.05, 4.69) is 0 Å². The minimum Gasteiger partial charge on any atom is -0.479 e. The molecule has 0 saturated carbocycles. The van der Waals surface area contributed by atoms with Gasteiger partial charge in [0.25, 0.3) is 0 Å². The van der Waals surface area contributed by atoms with Crippen LogP contribution in [-0.4, -0.2) is 27.2 Å².